The summed E-state index contributed by atoms with van der Waals surface area (Å²) in [6.07, 6.45) is 1.00. The van der Waals surface area contributed by atoms with Crippen molar-refractivity contribution in [2.24, 2.45) is 0 Å². The second-order valence-electron chi connectivity index (χ2n) is 4.55. The van der Waals surface area contributed by atoms with Gasteiger partial charge in [-0.15, -0.1) is 0 Å². The average molecular weight is 313 g/mol. The van der Waals surface area contributed by atoms with Crippen LogP contribution in [0.1, 0.15) is 23.7 Å². The van der Waals surface area contributed by atoms with E-state index in [0.717, 1.165) is 36.1 Å². The van der Waals surface area contributed by atoms with E-state index in [2.05, 4.69) is 20.8 Å². The highest BCUT2D eigenvalue weighted by molar-refractivity contribution is 9.10. The van der Waals surface area contributed by atoms with Gasteiger partial charge < -0.3 is 9.80 Å². The maximum Gasteiger partial charge on any atom is 0.253 e. The van der Waals surface area contributed by atoms with Crippen LogP contribution in [0.5, 0.6) is 0 Å². The summed E-state index contributed by atoms with van der Waals surface area (Å²) >= 11 is 3.38. The van der Waals surface area contributed by atoms with E-state index in [9.17, 15) is 4.79 Å². The van der Waals surface area contributed by atoms with Crippen LogP contribution < -0.4 is 0 Å². The van der Waals surface area contributed by atoms with Crippen molar-refractivity contribution in [2.45, 2.75) is 13.3 Å². The van der Waals surface area contributed by atoms with E-state index >= 15 is 0 Å². The molecule has 1 amide bonds. The van der Waals surface area contributed by atoms with Gasteiger partial charge in [0.25, 0.3) is 5.91 Å². The first-order valence-electron chi connectivity index (χ1n) is 6.24. The fourth-order valence-corrected chi connectivity index (χ4v) is 2.02. The summed E-state index contributed by atoms with van der Waals surface area (Å²) < 4.78 is 0.995. The van der Waals surface area contributed by atoms with Gasteiger partial charge in [0, 0.05) is 23.1 Å². The Morgan fingerprint density at radius 1 is 1.17 bits per heavy atom. The molecule has 0 fully saturated rings. The normalized spacial score (nSPS) is 10.7. The Morgan fingerprint density at radius 3 is 2.28 bits per heavy atom. The molecule has 3 nitrogen and oxygen atoms in total. The van der Waals surface area contributed by atoms with Gasteiger partial charge in [-0.2, -0.15) is 0 Å². The molecule has 0 aliphatic carbocycles. The van der Waals surface area contributed by atoms with Crippen LogP contribution in [0.3, 0.4) is 0 Å². The second-order valence-corrected chi connectivity index (χ2v) is 5.46. The molecule has 0 atom stereocenters. The van der Waals surface area contributed by atoms with E-state index in [-0.39, 0.29) is 5.91 Å². The van der Waals surface area contributed by atoms with Crippen LogP contribution in [0, 0.1) is 0 Å². The summed E-state index contributed by atoms with van der Waals surface area (Å²) in [4.78, 5) is 16.3. The van der Waals surface area contributed by atoms with Crippen molar-refractivity contribution in [1.82, 2.24) is 9.80 Å². The molecule has 4 heteroatoms. The minimum Gasteiger partial charge on any atom is -0.339 e. The Morgan fingerprint density at radius 2 is 1.78 bits per heavy atom. The van der Waals surface area contributed by atoms with E-state index in [1.807, 2.05) is 50.2 Å². The topological polar surface area (TPSA) is 23.6 Å². The Labute approximate surface area is 118 Å². The predicted octanol–water partition coefficient (Wildman–Crippen LogP) is 2.86. The first kappa shape index (κ1) is 15.2. The molecule has 0 N–H and O–H groups in total. The van der Waals surface area contributed by atoms with E-state index in [0.29, 0.717) is 0 Å². The standard InChI is InChI=1S/C14H21BrN2O/c1-4-17(11-5-10-16(2)3)14(18)12-6-8-13(15)9-7-12/h6-9H,4-5,10-11H2,1-3H3. The highest BCUT2D eigenvalue weighted by Crippen LogP contribution is 2.12. The lowest BCUT2D eigenvalue weighted by molar-refractivity contribution is 0.0759. The molecule has 0 saturated carbocycles. The molecule has 0 radical (unpaired) electrons. The molecular weight excluding hydrogens is 292 g/mol. The molecule has 0 aliphatic heterocycles. The number of carbonyl (C=O) groups excluding carboxylic acids is 1. The maximum absolute atomic E-state index is 12.3. The zero-order chi connectivity index (χ0) is 13.5. The number of nitrogens with zero attached hydrogens (tertiary/aromatic N) is 2. The van der Waals surface area contributed by atoms with Gasteiger partial charge in [-0.3, -0.25) is 4.79 Å². The van der Waals surface area contributed by atoms with Crippen molar-refractivity contribution in [3.63, 3.8) is 0 Å². The molecule has 0 unspecified atom stereocenters. The average Bonchev–Trinajstić information content (AvgIpc) is 2.34. The molecule has 1 rings (SSSR count). The first-order chi connectivity index (χ1) is 8.54. The zero-order valence-electron chi connectivity index (χ0n) is 11.3. The summed E-state index contributed by atoms with van der Waals surface area (Å²) in [5.74, 6) is 0.115. The fraction of sp³-hybridized carbons (Fsp3) is 0.500. The van der Waals surface area contributed by atoms with Crippen LogP contribution in [0.4, 0.5) is 0 Å². The molecule has 0 bridgehead atoms. The number of carbonyl (C=O) groups is 1. The van der Waals surface area contributed by atoms with E-state index in [4.69, 9.17) is 0 Å². The van der Waals surface area contributed by atoms with Crippen LogP contribution in [0.15, 0.2) is 28.7 Å². The van der Waals surface area contributed by atoms with Crippen molar-refractivity contribution >= 4 is 21.8 Å². The van der Waals surface area contributed by atoms with Gasteiger partial charge in [-0.25, -0.2) is 0 Å². The largest absolute Gasteiger partial charge is 0.339 e. The van der Waals surface area contributed by atoms with E-state index in [1.54, 1.807) is 0 Å². The minimum atomic E-state index is 0.115. The van der Waals surface area contributed by atoms with Crippen molar-refractivity contribution in [3.8, 4) is 0 Å². The number of rotatable bonds is 6. The summed E-state index contributed by atoms with van der Waals surface area (Å²) in [6, 6.07) is 7.53. The van der Waals surface area contributed by atoms with E-state index in [1.165, 1.54) is 0 Å². The summed E-state index contributed by atoms with van der Waals surface area (Å²) in [6.45, 7) is 4.59. The monoisotopic (exact) mass is 312 g/mol. The van der Waals surface area contributed by atoms with Gasteiger partial charge in [0.05, 0.1) is 0 Å². The van der Waals surface area contributed by atoms with Gasteiger partial charge in [0.2, 0.25) is 0 Å². The predicted molar refractivity (Wildman–Crippen MR) is 78.9 cm³/mol. The van der Waals surface area contributed by atoms with Crippen LogP contribution in [0.25, 0.3) is 0 Å². The van der Waals surface area contributed by atoms with Crippen molar-refractivity contribution in [2.75, 3.05) is 33.7 Å². The molecule has 0 aromatic heterocycles. The second kappa shape index (κ2) is 7.54. The van der Waals surface area contributed by atoms with Crippen molar-refractivity contribution in [1.29, 1.82) is 0 Å². The number of hydrogen-bond acceptors (Lipinski definition) is 2. The number of amides is 1. The first-order valence-corrected chi connectivity index (χ1v) is 7.03. The zero-order valence-corrected chi connectivity index (χ0v) is 12.9. The Balaban J connectivity index is 2.59. The lowest BCUT2D eigenvalue weighted by Crippen LogP contribution is -2.33. The van der Waals surface area contributed by atoms with Crippen LogP contribution in [0.2, 0.25) is 0 Å². The van der Waals surface area contributed by atoms with Crippen molar-refractivity contribution < 1.29 is 4.79 Å². The van der Waals surface area contributed by atoms with Gasteiger partial charge >= 0.3 is 0 Å². The molecule has 1 aromatic carbocycles. The molecule has 0 heterocycles. The van der Waals surface area contributed by atoms with Crippen molar-refractivity contribution in [3.05, 3.63) is 34.3 Å². The Hall–Kier alpha value is -0.870. The third-order valence-electron chi connectivity index (χ3n) is 2.79. The minimum absolute atomic E-state index is 0.115. The SMILES string of the molecule is CCN(CCCN(C)C)C(=O)c1ccc(Br)cc1. The third kappa shape index (κ3) is 4.78. The smallest absolute Gasteiger partial charge is 0.253 e. The summed E-state index contributed by atoms with van der Waals surface area (Å²) in [5, 5.41) is 0. The molecule has 1 aromatic rings. The lowest BCUT2D eigenvalue weighted by atomic mass is 10.2. The third-order valence-corrected chi connectivity index (χ3v) is 3.32. The van der Waals surface area contributed by atoms with Crippen LogP contribution in [-0.4, -0.2) is 49.4 Å². The molecule has 0 aliphatic rings. The highest BCUT2D eigenvalue weighted by atomic mass is 79.9. The Bertz CT molecular complexity index is 376. The molecule has 0 spiro atoms. The molecule has 100 valence electrons. The summed E-state index contributed by atoms with van der Waals surface area (Å²) in [7, 11) is 4.10. The fourth-order valence-electron chi connectivity index (χ4n) is 1.76. The Kier molecular flexibility index (Phi) is 6.36. The molecular formula is C14H21BrN2O. The van der Waals surface area contributed by atoms with Gasteiger partial charge in [-0.05, 0) is 58.3 Å². The maximum atomic E-state index is 12.3. The summed E-state index contributed by atoms with van der Waals surface area (Å²) in [5.41, 5.74) is 0.755. The van der Waals surface area contributed by atoms with Crippen LogP contribution >= 0.6 is 15.9 Å². The molecule has 18 heavy (non-hydrogen) atoms. The molecule has 0 saturated heterocycles. The highest BCUT2D eigenvalue weighted by Gasteiger charge is 2.13. The van der Waals surface area contributed by atoms with Gasteiger partial charge in [0.1, 0.15) is 0 Å². The lowest BCUT2D eigenvalue weighted by Gasteiger charge is -2.22. The quantitative estimate of drug-likeness (QED) is 0.806. The number of benzene rings is 1. The number of halogens is 1. The van der Waals surface area contributed by atoms with E-state index < -0.39 is 0 Å². The van der Waals surface area contributed by atoms with Crippen LogP contribution in [-0.2, 0) is 0 Å². The van der Waals surface area contributed by atoms with Gasteiger partial charge in [0.15, 0.2) is 0 Å². The van der Waals surface area contributed by atoms with Gasteiger partial charge in [-0.1, -0.05) is 15.9 Å². The number of hydrogen-bond donors (Lipinski definition) is 0.